The Morgan fingerprint density at radius 2 is 1.85 bits per heavy atom. The van der Waals surface area contributed by atoms with Crippen LogP contribution in [-0.4, -0.2) is 35.3 Å². The summed E-state index contributed by atoms with van der Waals surface area (Å²) >= 11 is 0. The number of carbonyl (C=O) groups is 2. The van der Waals surface area contributed by atoms with Gasteiger partial charge in [0.1, 0.15) is 12.1 Å². The molecule has 0 spiro atoms. The third-order valence-electron chi connectivity index (χ3n) is 3.86. The second-order valence-electron chi connectivity index (χ2n) is 7.38. The van der Waals surface area contributed by atoms with Gasteiger partial charge in [0.15, 0.2) is 0 Å². The summed E-state index contributed by atoms with van der Waals surface area (Å²) in [4.78, 5) is 26.7. The van der Waals surface area contributed by atoms with Gasteiger partial charge in [-0.15, -0.1) is 0 Å². The molecule has 1 aliphatic heterocycles. The summed E-state index contributed by atoms with van der Waals surface area (Å²) in [5.74, 6) is 0.229. The second kappa shape index (κ2) is 6.59. The molecule has 1 aliphatic rings. The van der Waals surface area contributed by atoms with Crippen LogP contribution in [0.5, 0.6) is 0 Å². The molecule has 1 heterocycles. The second-order valence-corrected chi connectivity index (χ2v) is 7.38. The average molecular weight is 282 g/mol. The Bertz CT molecular complexity index is 358. The standard InChI is InChI=1S/C16H30N2O2/c1-7-8-12-14(19)17-13(11(2)3)15(20)18(12)10-9-16(4,5)6/h11-13H,7-10H2,1-6H3,(H,17,19). The van der Waals surface area contributed by atoms with Crippen molar-refractivity contribution in [3.63, 3.8) is 0 Å². The van der Waals surface area contributed by atoms with Crippen molar-refractivity contribution in [2.45, 2.75) is 72.9 Å². The highest BCUT2D eigenvalue weighted by Gasteiger charge is 2.41. The normalized spacial score (nSPS) is 24.2. The van der Waals surface area contributed by atoms with Crippen LogP contribution >= 0.6 is 0 Å². The molecular formula is C16H30N2O2. The Balaban J connectivity index is 2.89. The number of carbonyl (C=O) groups excluding carboxylic acids is 2. The molecular weight excluding hydrogens is 252 g/mol. The summed E-state index contributed by atoms with van der Waals surface area (Å²) in [5, 5.41) is 2.90. The molecule has 1 saturated heterocycles. The maximum Gasteiger partial charge on any atom is 0.246 e. The zero-order valence-corrected chi connectivity index (χ0v) is 13.8. The van der Waals surface area contributed by atoms with Gasteiger partial charge in [-0.1, -0.05) is 48.0 Å². The van der Waals surface area contributed by atoms with Gasteiger partial charge in [0.25, 0.3) is 0 Å². The average Bonchev–Trinajstić information content (AvgIpc) is 2.31. The van der Waals surface area contributed by atoms with Crippen molar-refractivity contribution in [1.82, 2.24) is 10.2 Å². The zero-order chi connectivity index (χ0) is 15.5. The van der Waals surface area contributed by atoms with Crippen molar-refractivity contribution in [3.05, 3.63) is 0 Å². The topological polar surface area (TPSA) is 49.4 Å². The van der Waals surface area contributed by atoms with E-state index >= 15 is 0 Å². The molecule has 4 heteroatoms. The van der Waals surface area contributed by atoms with Gasteiger partial charge in [-0.25, -0.2) is 0 Å². The van der Waals surface area contributed by atoms with E-state index in [-0.39, 0.29) is 35.2 Å². The quantitative estimate of drug-likeness (QED) is 0.842. The third-order valence-corrected chi connectivity index (χ3v) is 3.86. The van der Waals surface area contributed by atoms with Gasteiger partial charge in [-0.2, -0.15) is 0 Å². The maximum atomic E-state index is 12.6. The molecule has 0 aromatic heterocycles. The first kappa shape index (κ1) is 17.0. The van der Waals surface area contributed by atoms with Crippen molar-refractivity contribution >= 4 is 11.8 Å². The first-order chi connectivity index (χ1) is 9.17. The molecule has 0 saturated carbocycles. The van der Waals surface area contributed by atoms with E-state index in [1.807, 2.05) is 25.7 Å². The molecule has 2 amide bonds. The lowest BCUT2D eigenvalue weighted by atomic mass is 9.90. The Labute approximate surface area is 123 Å². The fourth-order valence-corrected chi connectivity index (χ4v) is 2.52. The predicted octanol–water partition coefficient (Wildman–Crippen LogP) is 2.57. The molecule has 2 atom stereocenters. The molecule has 1 fully saturated rings. The molecule has 0 aromatic rings. The van der Waals surface area contributed by atoms with Crippen LogP contribution in [0.3, 0.4) is 0 Å². The largest absolute Gasteiger partial charge is 0.342 e. The van der Waals surface area contributed by atoms with Crippen molar-refractivity contribution in [2.75, 3.05) is 6.54 Å². The number of hydrogen-bond donors (Lipinski definition) is 1. The summed E-state index contributed by atoms with van der Waals surface area (Å²) in [6, 6.07) is -0.652. The highest BCUT2D eigenvalue weighted by atomic mass is 16.2. The Hall–Kier alpha value is -1.06. The summed E-state index contributed by atoms with van der Waals surface area (Å²) in [7, 11) is 0. The zero-order valence-electron chi connectivity index (χ0n) is 13.8. The van der Waals surface area contributed by atoms with Crippen LogP contribution in [0.1, 0.15) is 60.8 Å². The first-order valence-electron chi connectivity index (χ1n) is 7.78. The van der Waals surface area contributed by atoms with Gasteiger partial charge in [-0.05, 0) is 24.2 Å². The Kier molecular flexibility index (Phi) is 5.60. The molecule has 116 valence electrons. The van der Waals surface area contributed by atoms with Crippen LogP contribution in [0.15, 0.2) is 0 Å². The fraction of sp³-hybridized carbons (Fsp3) is 0.875. The Morgan fingerprint density at radius 3 is 2.30 bits per heavy atom. The Morgan fingerprint density at radius 1 is 1.25 bits per heavy atom. The minimum absolute atomic E-state index is 0.0130. The van der Waals surface area contributed by atoms with Crippen molar-refractivity contribution < 1.29 is 9.59 Å². The number of piperazine rings is 1. The summed E-state index contributed by atoms with van der Waals surface area (Å²) in [6.45, 7) is 13.2. The van der Waals surface area contributed by atoms with Crippen LogP contribution in [0, 0.1) is 11.3 Å². The summed E-state index contributed by atoms with van der Waals surface area (Å²) in [5.41, 5.74) is 0.165. The van der Waals surface area contributed by atoms with E-state index < -0.39 is 0 Å². The van der Waals surface area contributed by atoms with Crippen LogP contribution < -0.4 is 5.32 Å². The number of nitrogens with zero attached hydrogens (tertiary/aromatic N) is 1. The van der Waals surface area contributed by atoms with Gasteiger partial charge in [0.05, 0.1) is 0 Å². The number of amides is 2. The third kappa shape index (κ3) is 4.22. The molecule has 20 heavy (non-hydrogen) atoms. The molecule has 2 unspecified atom stereocenters. The lowest BCUT2D eigenvalue weighted by Crippen LogP contribution is -2.64. The lowest BCUT2D eigenvalue weighted by Gasteiger charge is -2.41. The highest BCUT2D eigenvalue weighted by Crippen LogP contribution is 2.24. The van der Waals surface area contributed by atoms with Crippen LogP contribution in [0.25, 0.3) is 0 Å². The smallest absolute Gasteiger partial charge is 0.246 e. The van der Waals surface area contributed by atoms with E-state index in [0.29, 0.717) is 6.54 Å². The minimum Gasteiger partial charge on any atom is -0.342 e. The minimum atomic E-state index is -0.365. The molecule has 1 rings (SSSR count). The van der Waals surface area contributed by atoms with Crippen molar-refractivity contribution in [1.29, 1.82) is 0 Å². The van der Waals surface area contributed by atoms with E-state index in [4.69, 9.17) is 0 Å². The molecule has 0 aliphatic carbocycles. The predicted molar refractivity (Wildman–Crippen MR) is 81.2 cm³/mol. The van der Waals surface area contributed by atoms with Crippen LogP contribution in [0.4, 0.5) is 0 Å². The summed E-state index contributed by atoms with van der Waals surface area (Å²) in [6.07, 6.45) is 2.56. The first-order valence-corrected chi connectivity index (χ1v) is 7.78. The monoisotopic (exact) mass is 282 g/mol. The molecule has 1 N–H and O–H groups in total. The number of nitrogens with one attached hydrogen (secondary N) is 1. The molecule has 0 bridgehead atoms. The summed E-state index contributed by atoms with van der Waals surface area (Å²) < 4.78 is 0. The van der Waals surface area contributed by atoms with Crippen LogP contribution in [0.2, 0.25) is 0 Å². The van der Waals surface area contributed by atoms with Gasteiger partial charge in [-0.3, -0.25) is 9.59 Å². The van der Waals surface area contributed by atoms with Crippen LogP contribution in [-0.2, 0) is 9.59 Å². The lowest BCUT2D eigenvalue weighted by molar-refractivity contribution is -0.151. The number of hydrogen-bond acceptors (Lipinski definition) is 2. The maximum absolute atomic E-state index is 12.6. The van der Waals surface area contributed by atoms with Gasteiger partial charge in [0, 0.05) is 6.54 Å². The van der Waals surface area contributed by atoms with Gasteiger partial charge in [0.2, 0.25) is 11.8 Å². The highest BCUT2D eigenvalue weighted by molar-refractivity contribution is 5.97. The molecule has 4 nitrogen and oxygen atoms in total. The van der Waals surface area contributed by atoms with Gasteiger partial charge >= 0.3 is 0 Å². The fourth-order valence-electron chi connectivity index (χ4n) is 2.52. The van der Waals surface area contributed by atoms with Crippen molar-refractivity contribution in [3.8, 4) is 0 Å². The van der Waals surface area contributed by atoms with E-state index in [2.05, 4.69) is 26.1 Å². The van der Waals surface area contributed by atoms with E-state index in [9.17, 15) is 9.59 Å². The van der Waals surface area contributed by atoms with E-state index in [1.54, 1.807) is 0 Å². The van der Waals surface area contributed by atoms with Crippen molar-refractivity contribution in [2.24, 2.45) is 11.3 Å². The molecule has 0 radical (unpaired) electrons. The SMILES string of the molecule is CCCC1C(=O)NC(C(C)C)C(=O)N1CCC(C)(C)C. The molecule has 0 aromatic carbocycles. The van der Waals surface area contributed by atoms with E-state index in [1.165, 1.54) is 0 Å². The van der Waals surface area contributed by atoms with Gasteiger partial charge < -0.3 is 10.2 Å². The van der Waals surface area contributed by atoms with E-state index in [0.717, 1.165) is 19.3 Å². The number of rotatable bonds is 5.